The van der Waals surface area contributed by atoms with Gasteiger partial charge < -0.3 is 9.64 Å². The molecule has 0 saturated carbocycles. The Labute approximate surface area is 115 Å². The number of likely N-dealkylation sites (tertiary alicyclic amines) is 1. The minimum Gasteiger partial charge on any atom is -0.372 e. The van der Waals surface area contributed by atoms with E-state index in [1.165, 1.54) is 0 Å². The Bertz CT molecular complexity index is 383. The summed E-state index contributed by atoms with van der Waals surface area (Å²) >= 11 is 0. The molecule has 19 heavy (non-hydrogen) atoms. The maximum atomic E-state index is 11.9. The van der Waals surface area contributed by atoms with Gasteiger partial charge in [0.2, 0.25) is 15.9 Å². The molecular formula is C12H24N2O4S. The van der Waals surface area contributed by atoms with Gasteiger partial charge in [-0.3, -0.25) is 4.79 Å². The number of hydrogen-bond acceptors (Lipinski definition) is 4. The predicted molar refractivity (Wildman–Crippen MR) is 73.1 cm³/mol. The van der Waals surface area contributed by atoms with Crippen LogP contribution < -0.4 is 5.14 Å². The molecule has 2 N–H and O–H groups in total. The molecule has 1 atom stereocenters. The molecule has 0 radical (unpaired) electrons. The first-order chi connectivity index (χ1) is 8.94. The van der Waals surface area contributed by atoms with Crippen molar-refractivity contribution in [2.24, 2.45) is 5.14 Å². The molecule has 0 spiro atoms. The second-order valence-electron chi connectivity index (χ2n) is 4.97. The van der Waals surface area contributed by atoms with E-state index in [4.69, 9.17) is 9.88 Å². The van der Waals surface area contributed by atoms with Crippen LogP contribution in [0.3, 0.4) is 0 Å². The van der Waals surface area contributed by atoms with Gasteiger partial charge in [-0.15, -0.1) is 0 Å². The summed E-state index contributed by atoms with van der Waals surface area (Å²) in [5.41, 5.74) is 0. The average molecular weight is 292 g/mol. The van der Waals surface area contributed by atoms with Crippen molar-refractivity contribution in [3.05, 3.63) is 0 Å². The highest BCUT2D eigenvalue weighted by Crippen LogP contribution is 2.18. The molecule has 112 valence electrons. The van der Waals surface area contributed by atoms with Gasteiger partial charge in [0, 0.05) is 19.2 Å². The van der Waals surface area contributed by atoms with Crippen LogP contribution in [0, 0.1) is 0 Å². The number of sulfonamides is 1. The second-order valence-corrected chi connectivity index (χ2v) is 6.63. The van der Waals surface area contributed by atoms with E-state index in [9.17, 15) is 13.2 Å². The van der Waals surface area contributed by atoms with Gasteiger partial charge in [-0.25, -0.2) is 13.6 Å². The summed E-state index contributed by atoms with van der Waals surface area (Å²) in [6.45, 7) is 3.31. The molecule has 1 fully saturated rings. The van der Waals surface area contributed by atoms with Crippen LogP contribution in [0.1, 0.15) is 39.0 Å². The van der Waals surface area contributed by atoms with Crippen molar-refractivity contribution in [3.8, 4) is 0 Å². The fourth-order valence-corrected chi connectivity index (χ4v) is 3.18. The number of unbranched alkanes of at least 4 members (excludes halogenated alkanes) is 2. The summed E-state index contributed by atoms with van der Waals surface area (Å²) in [7, 11) is -3.54. The topological polar surface area (TPSA) is 89.7 Å². The fourth-order valence-electron chi connectivity index (χ4n) is 2.30. The van der Waals surface area contributed by atoms with Crippen molar-refractivity contribution >= 4 is 15.9 Å². The summed E-state index contributed by atoms with van der Waals surface area (Å²) in [6, 6.07) is -0.290. The maximum Gasteiger partial charge on any atom is 0.248 e. The molecule has 1 aliphatic heterocycles. The third kappa shape index (κ3) is 6.35. The molecule has 1 unspecified atom stereocenters. The van der Waals surface area contributed by atoms with Gasteiger partial charge in [0.15, 0.2) is 0 Å². The highest BCUT2D eigenvalue weighted by molar-refractivity contribution is 7.89. The second kappa shape index (κ2) is 7.81. The summed E-state index contributed by atoms with van der Waals surface area (Å²) in [6.07, 6.45) is 4.66. The van der Waals surface area contributed by atoms with Crippen molar-refractivity contribution in [2.45, 2.75) is 45.1 Å². The van der Waals surface area contributed by atoms with Crippen LogP contribution in [0.25, 0.3) is 0 Å². The van der Waals surface area contributed by atoms with Crippen LogP contribution in [0.2, 0.25) is 0 Å². The van der Waals surface area contributed by atoms with E-state index in [-0.39, 0.29) is 24.3 Å². The molecular weight excluding hydrogens is 268 g/mol. The Kier molecular flexibility index (Phi) is 6.74. The molecule has 1 rings (SSSR count). The first-order valence-electron chi connectivity index (χ1n) is 6.81. The van der Waals surface area contributed by atoms with E-state index in [0.717, 1.165) is 25.7 Å². The number of nitrogens with two attached hydrogens (primary N) is 1. The molecule has 1 saturated heterocycles. The van der Waals surface area contributed by atoms with Crippen LogP contribution in [0.15, 0.2) is 0 Å². The average Bonchev–Trinajstić information content (AvgIpc) is 2.74. The van der Waals surface area contributed by atoms with Gasteiger partial charge >= 0.3 is 0 Å². The Morgan fingerprint density at radius 3 is 2.79 bits per heavy atom. The molecule has 7 heteroatoms. The standard InChI is InChI=1S/C12H24N2O4S/c1-2-3-4-8-18-9-12(15)14-7-5-6-11(14)10-19(13,16)17/h11H,2-10H2,1H3,(H2,13,16,17). The third-order valence-corrected chi connectivity index (χ3v) is 4.09. The summed E-state index contributed by atoms with van der Waals surface area (Å²) < 4.78 is 27.5. The molecule has 0 aliphatic carbocycles. The Hall–Kier alpha value is -0.660. The number of primary sulfonamides is 1. The lowest BCUT2D eigenvalue weighted by atomic mass is 10.2. The predicted octanol–water partition coefficient (Wildman–Crippen LogP) is 0.473. The van der Waals surface area contributed by atoms with E-state index in [1.807, 2.05) is 0 Å². The van der Waals surface area contributed by atoms with Crippen LogP contribution in [0.5, 0.6) is 0 Å². The van der Waals surface area contributed by atoms with E-state index < -0.39 is 10.0 Å². The van der Waals surface area contributed by atoms with Gasteiger partial charge in [-0.1, -0.05) is 19.8 Å². The van der Waals surface area contributed by atoms with Crippen molar-refractivity contribution in [1.82, 2.24) is 4.90 Å². The number of rotatable bonds is 8. The van der Waals surface area contributed by atoms with Gasteiger partial charge in [0.1, 0.15) is 6.61 Å². The molecule has 0 bridgehead atoms. The zero-order valence-corrected chi connectivity index (χ0v) is 12.3. The first-order valence-corrected chi connectivity index (χ1v) is 8.53. The summed E-state index contributed by atoms with van der Waals surface area (Å²) in [4.78, 5) is 13.5. The maximum absolute atomic E-state index is 11.9. The lowest BCUT2D eigenvalue weighted by Crippen LogP contribution is -2.42. The van der Waals surface area contributed by atoms with Crippen LogP contribution in [0.4, 0.5) is 0 Å². The molecule has 0 aromatic heterocycles. The Balaban J connectivity index is 2.34. The molecule has 0 aromatic carbocycles. The lowest BCUT2D eigenvalue weighted by Gasteiger charge is -2.23. The number of nitrogens with zero attached hydrogens (tertiary/aromatic N) is 1. The SMILES string of the molecule is CCCCCOCC(=O)N1CCCC1CS(N)(=O)=O. The smallest absolute Gasteiger partial charge is 0.248 e. The van der Waals surface area contributed by atoms with Crippen LogP contribution in [-0.2, 0) is 19.6 Å². The molecule has 1 amide bonds. The number of ether oxygens (including phenoxy) is 1. The molecule has 1 heterocycles. The fraction of sp³-hybridized carbons (Fsp3) is 0.917. The van der Waals surface area contributed by atoms with E-state index >= 15 is 0 Å². The molecule has 6 nitrogen and oxygen atoms in total. The zero-order chi connectivity index (χ0) is 14.3. The van der Waals surface area contributed by atoms with Gasteiger partial charge in [-0.05, 0) is 19.3 Å². The van der Waals surface area contributed by atoms with Gasteiger partial charge in [0.25, 0.3) is 0 Å². The quantitative estimate of drug-likeness (QED) is 0.659. The minimum atomic E-state index is -3.54. The van der Waals surface area contributed by atoms with Gasteiger partial charge in [-0.2, -0.15) is 0 Å². The first kappa shape index (κ1) is 16.4. The Morgan fingerprint density at radius 1 is 1.42 bits per heavy atom. The van der Waals surface area contributed by atoms with Gasteiger partial charge in [0.05, 0.1) is 5.75 Å². The van der Waals surface area contributed by atoms with Crippen molar-refractivity contribution < 1.29 is 17.9 Å². The lowest BCUT2D eigenvalue weighted by molar-refractivity contribution is -0.136. The minimum absolute atomic E-state index is 0.0326. The van der Waals surface area contributed by atoms with E-state index in [2.05, 4.69) is 6.92 Å². The monoisotopic (exact) mass is 292 g/mol. The highest BCUT2D eigenvalue weighted by Gasteiger charge is 2.31. The third-order valence-electron chi connectivity index (χ3n) is 3.24. The van der Waals surface area contributed by atoms with Crippen molar-refractivity contribution in [1.29, 1.82) is 0 Å². The normalized spacial score (nSPS) is 19.9. The van der Waals surface area contributed by atoms with Crippen molar-refractivity contribution in [2.75, 3.05) is 25.5 Å². The van der Waals surface area contributed by atoms with Crippen LogP contribution in [-0.4, -0.2) is 50.8 Å². The summed E-state index contributed by atoms with van der Waals surface area (Å²) in [5.74, 6) is -0.295. The molecule has 0 aromatic rings. The largest absolute Gasteiger partial charge is 0.372 e. The highest BCUT2D eigenvalue weighted by atomic mass is 32.2. The summed E-state index contributed by atoms with van der Waals surface area (Å²) in [5, 5.41) is 5.04. The number of amides is 1. The van der Waals surface area contributed by atoms with E-state index in [1.54, 1.807) is 4.90 Å². The van der Waals surface area contributed by atoms with E-state index in [0.29, 0.717) is 19.6 Å². The Morgan fingerprint density at radius 2 is 2.16 bits per heavy atom. The zero-order valence-electron chi connectivity index (χ0n) is 11.5. The van der Waals surface area contributed by atoms with Crippen molar-refractivity contribution in [3.63, 3.8) is 0 Å². The number of hydrogen-bond donors (Lipinski definition) is 1. The van der Waals surface area contributed by atoms with Crippen LogP contribution >= 0.6 is 0 Å². The number of carbonyl (C=O) groups excluding carboxylic acids is 1. The molecule has 1 aliphatic rings. The number of carbonyl (C=O) groups is 1.